The third-order valence-electron chi connectivity index (χ3n) is 5.80. The van der Waals surface area contributed by atoms with Gasteiger partial charge in [0.15, 0.2) is 0 Å². The van der Waals surface area contributed by atoms with Gasteiger partial charge in [0.25, 0.3) is 5.91 Å². The van der Waals surface area contributed by atoms with Crippen LogP contribution in [0.5, 0.6) is 0 Å². The minimum atomic E-state index is -0.355. The van der Waals surface area contributed by atoms with Gasteiger partial charge < -0.3 is 9.32 Å². The van der Waals surface area contributed by atoms with Crippen LogP contribution in [0.25, 0.3) is 11.3 Å². The second kappa shape index (κ2) is 11.3. The number of hydrogen-bond donors (Lipinski definition) is 1. The summed E-state index contributed by atoms with van der Waals surface area (Å²) in [6, 6.07) is 25.8. The van der Waals surface area contributed by atoms with Crippen LogP contribution in [0.4, 0.5) is 0 Å². The van der Waals surface area contributed by atoms with E-state index in [9.17, 15) is 9.59 Å². The number of hydrogen-bond acceptors (Lipinski definition) is 5. The Balaban J connectivity index is 1.21. The van der Waals surface area contributed by atoms with Crippen LogP contribution in [-0.4, -0.2) is 28.7 Å². The van der Waals surface area contributed by atoms with Crippen molar-refractivity contribution in [2.45, 2.75) is 11.9 Å². The number of carbonyl (C=O) groups is 2. The van der Waals surface area contributed by atoms with E-state index in [2.05, 4.69) is 10.5 Å². The minimum Gasteiger partial charge on any atom is -0.455 e. The first-order valence-corrected chi connectivity index (χ1v) is 13.2. The van der Waals surface area contributed by atoms with Gasteiger partial charge in [0.2, 0.25) is 5.91 Å². The summed E-state index contributed by atoms with van der Waals surface area (Å²) < 4.78 is 5.75. The molecule has 1 aromatic heterocycles. The van der Waals surface area contributed by atoms with Gasteiger partial charge in [-0.05, 0) is 53.6 Å². The zero-order valence-corrected chi connectivity index (χ0v) is 21.8. The van der Waals surface area contributed by atoms with Crippen molar-refractivity contribution in [3.05, 3.63) is 117 Å². The number of furan rings is 1. The number of carbonyl (C=O) groups excluding carboxylic acids is 2. The van der Waals surface area contributed by atoms with Crippen LogP contribution in [0.2, 0.25) is 10.0 Å². The molecule has 1 N–H and O–H groups in total. The molecule has 1 aliphatic heterocycles. The Labute approximate surface area is 228 Å². The van der Waals surface area contributed by atoms with E-state index in [1.807, 2.05) is 47.4 Å². The van der Waals surface area contributed by atoms with Gasteiger partial charge in [0, 0.05) is 22.7 Å². The Bertz CT molecular complexity index is 1460. The molecule has 0 spiro atoms. The predicted octanol–water partition coefficient (Wildman–Crippen LogP) is 6.79. The van der Waals surface area contributed by atoms with E-state index >= 15 is 0 Å². The number of nitrogens with zero attached hydrogens (tertiary/aromatic N) is 2. The third kappa shape index (κ3) is 5.91. The normalized spacial score (nSPS) is 15.5. The third-order valence-corrected chi connectivity index (χ3v) is 7.61. The molecule has 1 saturated heterocycles. The molecule has 0 bridgehead atoms. The summed E-state index contributed by atoms with van der Waals surface area (Å²) >= 11 is 13.8. The summed E-state index contributed by atoms with van der Waals surface area (Å²) in [5, 5.41) is 4.93. The molecule has 0 unspecified atom stereocenters. The fraction of sp³-hybridized carbons (Fsp3) is 0.107. The first-order chi connectivity index (χ1) is 18.0. The molecule has 2 amide bonds. The lowest BCUT2D eigenvalue weighted by atomic mass is 10.1. The number of hydrazone groups is 1. The van der Waals surface area contributed by atoms with Crippen molar-refractivity contribution in [2.75, 3.05) is 5.75 Å². The standard InChI is InChI=1S/C28H21Cl2N3O3S/c29-21-10-12-23(24(30)14-21)25-13-11-22(36-25)15-31-32-27(35)19-6-8-20(9-7-19)28-33(26(34)17-37-28)16-18-4-2-1-3-5-18/h1-15,28H,16-17H2,(H,32,35)/b31-15-/t28-/m1/s1. The Morgan fingerprint density at radius 1 is 1.05 bits per heavy atom. The topological polar surface area (TPSA) is 74.9 Å². The van der Waals surface area contributed by atoms with Crippen molar-refractivity contribution in [3.8, 4) is 11.3 Å². The lowest BCUT2D eigenvalue weighted by molar-refractivity contribution is -0.128. The summed E-state index contributed by atoms with van der Waals surface area (Å²) in [7, 11) is 0. The first-order valence-electron chi connectivity index (χ1n) is 11.4. The summed E-state index contributed by atoms with van der Waals surface area (Å²) in [5.74, 6) is 1.21. The molecule has 0 aliphatic carbocycles. The Kier molecular flexibility index (Phi) is 7.65. The van der Waals surface area contributed by atoms with E-state index in [4.69, 9.17) is 27.6 Å². The molecule has 37 heavy (non-hydrogen) atoms. The van der Waals surface area contributed by atoms with Crippen LogP contribution in [0, 0.1) is 0 Å². The highest BCUT2D eigenvalue weighted by Crippen LogP contribution is 2.39. The maximum atomic E-state index is 12.6. The van der Waals surface area contributed by atoms with Gasteiger partial charge in [-0.25, -0.2) is 5.43 Å². The van der Waals surface area contributed by atoms with Crippen LogP contribution < -0.4 is 5.43 Å². The molecular weight excluding hydrogens is 529 g/mol. The van der Waals surface area contributed by atoms with Crippen molar-refractivity contribution in [2.24, 2.45) is 5.10 Å². The summed E-state index contributed by atoms with van der Waals surface area (Å²) in [5.41, 5.74) is 5.72. The highest BCUT2D eigenvalue weighted by Gasteiger charge is 2.32. The van der Waals surface area contributed by atoms with Crippen molar-refractivity contribution in [1.82, 2.24) is 10.3 Å². The lowest BCUT2D eigenvalue weighted by Crippen LogP contribution is -2.27. The van der Waals surface area contributed by atoms with Crippen LogP contribution in [0.15, 0.2) is 94.4 Å². The van der Waals surface area contributed by atoms with Crippen molar-refractivity contribution < 1.29 is 14.0 Å². The number of rotatable bonds is 7. The molecule has 1 fully saturated rings. The average molecular weight is 550 g/mol. The van der Waals surface area contributed by atoms with Gasteiger partial charge >= 0.3 is 0 Å². The molecule has 4 aromatic rings. The van der Waals surface area contributed by atoms with Gasteiger partial charge in [-0.1, -0.05) is 65.7 Å². The molecule has 6 nitrogen and oxygen atoms in total. The van der Waals surface area contributed by atoms with Gasteiger partial charge in [-0.2, -0.15) is 5.10 Å². The van der Waals surface area contributed by atoms with Crippen molar-refractivity contribution in [3.63, 3.8) is 0 Å². The molecular formula is C28H21Cl2N3O3S. The summed E-state index contributed by atoms with van der Waals surface area (Å²) in [4.78, 5) is 26.9. The molecule has 9 heteroatoms. The number of halogens is 2. The zero-order chi connectivity index (χ0) is 25.8. The number of benzene rings is 3. The Morgan fingerprint density at radius 3 is 2.59 bits per heavy atom. The molecule has 3 aromatic carbocycles. The molecule has 1 atom stereocenters. The zero-order valence-electron chi connectivity index (χ0n) is 19.4. The number of amides is 2. The summed E-state index contributed by atoms with van der Waals surface area (Å²) in [6.07, 6.45) is 1.42. The highest BCUT2D eigenvalue weighted by atomic mass is 35.5. The lowest BCUT2D eigenvalue weighted by Gasteiger charge is -2.24. The van der Waals surface area contributed by atoms with E-state index in [1.165, 1.54) is 6.21 Å². The first kappa shape index (κ1) is 25.1. The Hall–Kier alpha value is -3.52. The van der Waals surface area contributed by atoms with Gasteiger partial charge in [0.1, 0.15) is 16.9 Å². The largest absolute Gasteiger partial charge is 0.455 e. The van der Waals surface area contributed by atoms with E-state index in [-0.39, 0.29) is 17.2 Å². The number of thioether (sulfide) groups is 1. The molecule has 5 rings (SSSR count). The van der Waals surface area contributed by atoms with E-state index in [0.29, 0.717) is 45.0 Å². The predicted molar refractivity (Wildman–Crippen MR) is 148 cm³/mol. The van der Waals surface area contributed by atoms with Crippen molar-refractivity contribution in [1.29, 1.82) is 0 Å². The Morgan fingerprint density at radius 2 is 1.84 bits per heavy atom. The fourth-order valence-corrected chi connectivity index (χ4v) is 5.65. The van der Waals surface area contributed by atoms with Crippen LogP contribution in [-0.2, 0) is 11.3 Å². The van der Waals surface area contributed by atoms with Crippen LogP contribution in [0.3, 0.4) is 0 Å². The molecule has 1 aliphatic rings. The molecule has 2 heterocycles. The maximum Gasteiger partial charge on any atom is 0.271 e. The molecule has 0 radical (unpaired) electrons. The van der Waals surface area contributed by atoms with Gasteiger partial charge in [-0.15, -0.1) is 11.8 Å². The summed E-state index contributed by atoms with van der Waals surface area (Å²) in [6.45, 7) is 0.549. The minimum absolute atomic E-state index is 0.0925. The van der Waals surface area contributed by atoms with Gasteiger partial charge in [-0.3, -0.25) is 9.59 Å². The van der Waals surface area contributed by atoms with E-state index in [0.717, 1.165) is 11.1 Å². The van der Waals surface area contributed by atoms with Gasteiger partial charge in [0.05, 0.1) is 17.0 Å². The van der Waals surface area contributed by atoms with Crippen LogP contribution in [0.1, 0.15) is 32.6 Å². The SMILES string of the molecule is O=C(N/N=C\c1ccc(-c2ccc(Cl)cc2Cl)o1)c1ccc([C@H]2SCC(=O)N2Cc2ccccc2)cc1. The van der Waals surface area contributed by atoms with Crippen LogP contribution >= 0.6 is 35.0 Å². The average Bonchev–Trinajstić information content (AvgIpc) is 3.51. The fourth-order valence-electron chi connectivity index (χ4n) is 3.96. The van der Waals surface area contributed by atoms with E-state index < -0.39 is 0 Å². The van der Waals surface area contributed by atoms with E-state index in [1.54, 1.807) is 54.2 Å². The second-order valence-electron chi connectivity index (χ2n) is 8.32. The highest BCUT2D eigenvalue weighted by molar-refractivity contribution is 8.00. The number of nitrogens with one attached hydrogen (secondary N) is 1. The second-order valence-corrected chi connectivity index (χ2v) is 10.2. The molecule has 186 valence electrons. The monoisotopic (exact) mass is 549 g/mol. The van der Waals surface area contributed by atoms with Crippen molar-refractivity contribution >= 4 is 53.0 Å². The molecule has 0 saturated carbocycles. The smallest absolute Gasteiger partial charge is 0.271 e. The quantitative estimate of drug-likeness (QED) is 0.203. The maximum absolute atomic E-state index is 12.6.